The molecule has 0 spiro atoms. The summed E-state index contributed by atoms with van der Waals surface area (Å²) in [7, 11) is 2.07. The molecule has 0 aliphatic heterocycles. The molecule has 1 fully saturated rings. The predicted molar refractivity (Wildman–Crippen MR) is 58.8 cm³/mol. The maximum absolute atomic E-state index is 4.79. The molecule has 2 nitrogen and oxygen atoms in total. The number of fused-ring (bicyclic) bond motifs is 1. The van der Waals surface area contributed by atoms with E-state index in [4.69, 9.17) is 4.98 Å². The van der Waals surface area contributed by atoms with Crippen LogP contribution in [0.15, 0.2) is 0 Å². The first-order valence-electron chi connectivity index (χ1n) is 5.55. The number of hydrogen-bond acceptors (Lipinski definition) is 3. The van der Waals surface area contributed by atoms with Crippen molar-refractivity contribution in [3.05, 3.63) is 15.6 Å². The van der Waals surface area contributed by atoms with Gasteiger partial charge < -0.3 is 5.32 Å². The standard InChI is InChI=1S/C11H16N2S/c1-12-8-3-2-4-9-10(8)14-11(13-9)7-5-6-7/h7-8,12H,2-6H2,1H3. The first kappa shape index (κ1) is 8.86. The second kappa shape index (κ2) is 3.31. The van der Waals surface area contributed by atoms with Gasteiger partial charge in [0.15, 0.2) is 0 Å². The van der Waals surface area contributed by atoms with E-state index >= 15 is 0 Å². The third-order valence-corrected chi connectivity index (χ3v) is 4.62. The van der Waals surface area contributed by atoms with Gasteiger partial charge in [0.2, 0.25) is 0 Å². The van der Waals surface area contributed by atoms with E-state index in [-0.39, 0.29) is 0 Å². The molecular weight excluding hydrogens is 192 g/mol. The molecule has 1 aromatic heterocycles. The largest absolute Gasteiger partial charge is 0.312 e. The summed E-state index contributed by atoms with van der Waals surface area (Å²) in [6.45, 7) is 0. The minimum atomic E-state index is 0.587. The van der Waals surface area contributed by atoms with Crippen LogP contribution >= 0.6 is 11.3 Å². The monoisotopic (exact) mass is 208 g/mol. The average Bonchev–Trinajstić information content (AvgIpc) is 2.97. The van der Waals surface area contributed by atoms with Gasteiger partial charge >= 0.3 is 0 Å². The molecule has 0 saturated heterocycles. The SMILES string of the molecule is CNC1CCCc2nc(C3CC3)sc21. The minimum Gasteiger partial charge on any atom is -0.312 e. The highest BCUT2D eigenvalue weighted by Gasteiger charge is 2.30. The summed E-state index contributed by atoms with van der Waals surface area (Å²) in [6, 6.07) is 0.587. The van der Waals surface area contributed by atoms with E-state index in [1.165, 1.54) is 47.7 Å². The molecule has 0 radical (unpaired) electrons. The van der Waals surface area contributed by atoms with Crippen molar-refractivity contribution in [2.24, 2.45) is 0 Å². The molecule has 76 valence electrons. The number of thiazole rings is 1. The van der Waals surface area contributed by atoms with Gasteiger partial charge in [-0.1, -0.05) is 0 Å². The van der Waals surface area contributed by atoms with Crippen molar-refractivity contribution >= 4 is 11.3 Å². The van der Waals surface area contributed by atoms with Crippen molar-refractivity contribution in [2.45, 2.75) is 44.1 Å². The lowest BCUT2D eigenvalue weighted by Gasteiger charge is -2.20. The van der Waals surface area contributed by atoms with E-state index in [0.29, 0.717) is 6.04 Å². The molecule has 14 heavy (non-hydrogen) atoms. The highest BCUT2D eigenvalue weighted by molar-refractivity contribution is 7.12. The molecule has 1 saturated carbocycles. The zero-order valence-electron chi connectivity index (χ0n) is 8.55. The highest BCUT2D eigenvalue weighted by atomic mass is 32.1. The summed E-state index contributed by atoms with van der Waals surface area (Å²) in [5, 5.41) is 4.82. The Morgan fingerprint density at radius 2 is 2.21 bits per heavy atom. The molecule has 1 N–H and O–H groups in total. The summed E-state index contributed by atoms with van der Waals surface area (Å²) < 4.78 is 0. The number of nitrogens with one attached hydrogen (secondary N) is 1. The Labute approximate surface area is 88.7 Å². The Hall–Kier alpha value is -0.410. The summed E-state index contributed by atoms with van der Waals surface area (Å²) in [5.74, 6) is 0.822. The zero-order chi connectivity index (χ0) is 9.54. The first-order valence-corrected chi connectivity index (χ1v) is 6.37. The van der Waals surface area contributed by atoms with Crippen LogP contribution in [0.5, 0.6) is 0 Å². The molecule has 1 heterocycles. The van der Waals surface area contributed by atoms with E-state index in [1.54, 1.807) is 0 Å². The van der Waals surface area contributed by atoms with Crippen LogP contribution in [0.3, 0.4) is 0 Å². The fraction of sp³-hybridized carbons (Fsp3) is 0.727. The molecule has 1 aromatic rings. The van der Waals surface area contributed by atoms with Crippen LogP contribution in [0.25, 0.3) is 0 Å². The van der Waals surface area contributed by atoms with Gasteiger partial charge in [-0.2, -0.15) is 0 Å². The fourth-order valence-electron chi connectivity index (χ4n) is 2.22. The maximum atomic E-state index is 4.79. The average molecular weight is 208 g/mol. The van der Waals surface area contributed by atoms with Crippen LogP contribution < -0.4 is 5.32 Å². The summed E-state index contributed by atoms with van der Waals surface area (Å²) in [6.07, 6.45) is 6.53. The first-order chi connectivity index (χ1) is 6.88. The molecule has 1 unspecified atom stereocenters. The molecule has 1 atom stereocenters. The van der Waals surface area contributed by atoms with Gasteiger partial charge in [-0.05, 0) is 39.2 Å². The van der Waals surface area contributed by atoms with E-state index in [9.17, 15) is 0 Å². The Balaban J connectivity index is 1.95. The number of nitrogens with zero attached hydrogens (tertiary/aromatic N) is 1. The van der Waals surface area contributed by atoms with Crippen molar-refractivity contribution in [1.29, 1.82) is 0 Å². The zero-order valence-corrected chi connectivity index (χ0v) is 9.36. The molecule has 2 aliphatic rings. The lowest BCUT2D eigenvalue weighted by Crippen LogP contribution is -2.19. The second-order valence-corrected chi connectivity index (χ2v) is 5.43. The normalized spacial score (nSPS) is 26.2. The lowest BCUT2D eigenvalue weighted by molar-refractivity contribution is 0.501. The molecule has 2 aliphatic carbocycles. The van der Waals surface area contributed by atoms with Crippen LogP contribution in [0.2, 0.25) is 0 Å². The Morgan fingerprint density at radius 1 is 1.36 bits per heavy atom. The number of rotatable bonds is 2. The van der Waals surface area contributed by atoms with Gasteiger partial charge in [-0.25, -0.2) is 4.98 Å². The van der Waals surface area contributed by atoms with Gasteiger partial charge in [0.25, 0.3) is 0 Å². The highest BCUT2D eigenvalue weighted by Crippen LogP contribution is 2.45. The third kappa shape index (κ3) is 1.39. The summed E-state index contributed by atoms with van der Waals surface area (Å²) in [5.41, 5.74) is 1.39. The quantitative estimate of drug-likeness (QED) is 0.808. The van der Waals surface area contributed by atoms with Gasteiger partial charge in [0.05, 0.1) is 10.7 Å². The Morgan fingerprint density at radius 3 is 2.93 bits per heavy atom. The fourth-order valence-corrected chi connectivity index (χ4v) is 3.65. The number of hydrogen-bond donors (Lipinski definition) is 1. The number of aromatic nitrogens is 1. The van der Waals surface area contributed by atoms with Crippen molar-refractivity contribution in [3.63, 3.8) is 0 Å². The van der Waals surface area contributed by atoms with E-state index in [2.05, 4.69) is 12.4 Å². The van der Waals surface area contributed by atoms with E-state index in [1.807, 2.05) is 11.3 Å². The molecule has 0 aromatic carbocycles. The van der Waals surface area contributed by atoms with Crippen LogP contribution in [-0.2, 0) is 6.42 Å². The second-order valence-electron chi connectivity index (χ2n) is 4.37. The van der Waals surface area contributed by atoms with Crippen molar-refractivity contribution in [2.75, 3.05) is 7.05 Å². The summed E-state index contributed by atoms with van der Waals surface area (Å²) in [4.78, 5) is 6.32. The van der Waals surface area contributed by atoms with Gasteiger partial charge in [0, 0.05) is 16.8 Å². The molecule has 3 heteroatoms. The molecule has 0 amide bonds. The molecular formula is C11H16N2S. The smallest absolute Gasteiger partial charge is 0.0962 e. The van der Waals surface area contributed by atoms with Gasteiger partial charge in [-0.15, -0.1) is 11.3 Å². The lowest BCUT2D eigenvalue weighted by atomic mass is 9.98. The van der Waals surface area contributed by atoms with Crippen molar-refractivity contribution in [1.82, 2.24) is 10.3 Å². The van der Waals surface area contributed by atoms with Crippen LogP contribution in [0, 0.1) is 0 Å². The maximum Gasteiger partial charge on any atom is 0.0962 e. The van der Waals surface area contributed by atoms with Crippen LogP contribution in [0.1, 0.15) is 53.2 Å². The Bertz CT molecular complexity index is 341. The van der Waals surface area contributed by atoms with Gasteiger partial charge in [-0.3, -0.25) is 0 Å². The number of aryl methyl sites for hydroxylation is 1. The van der Waals surface area contributed by atoms with E-state index < -0.39 is 0 Å². The van der Waals surface area contributed by atoms with E-state index in [0.717, 1.165) is 5.92 Å². The van der Waals surface area contributed by atoms with Gasteiger partial charge in [0.1, 0.15) is 0 Å². The topological polar surface area (TPSA) is 24.9 Å². The van der Waals surface area contributed by atoms with Crippen LogP contribution in [-0.4, -0.2) is 12.0 Å². The predicted octanol–water partition coefficient (Wildman–Crippen LogP) is 2.62. The third-order valence-electron chi connectivity index (χ3n) is 3.24. The molecule has 0 bridgehead atoms. The summed E-state index contributed by atoms with van der Waals surface area (Å²) >= 11 is 1.96. The van der Waals surface area contributed by atoms with Crippen molar-refractivity contribution < 1.29 is 0 Å². The molecule has 3 rings (SSSR count). The van der Waals surface area contributed by atoms with Crippen LogP contribution in [0.4, 0.5) is 0 Å². The Kier molecular flexibility index (Phi) is 2.10. The minimum absolute atomic E-state index is 0.587. The van der Waals surface area contributed by atoms with Crippen molar-refractivity contribution in [3.8, 4) is 0 Å².